The van der Waals surface area contributed by atoms with E-state index in [2.05, 4.69) is 29.0 Å². The van der Waals surface area contributed by atoms with Crippen LogP contribution in [0.2, 0.25) is 0 Å². The third-order valence-electron chi connectivity index (χ3n) is 5.35. The van der Waals surface area contributed by atoms with Crippen molar-refractivity contribution >= 4 is 23.3 Å². The largest absolute Gasteiger partial charge is 0.478 e. The standard InChI is InChI=1S/C23H23N3O3S/c1-13(2)26-21(20(25-23(26)30)17-6-4-5-11-24-17)19-10-9-18(29-19)16-8-7-15(22(27)28)12-14(16)3/h4-13,20-21H,1-3H3,(H,25,30)(H,27,28)/t20-,21-/m0/s1. The molecule has 0 bridgehead atoms. The van der Waals surface area contributed by atoms with E-state index in [-0.39, 0.29) is 23.7 Å². The number of carbonyl (C=O) groups is 1. The molecule has 1 aromatic carbocycles. The van der Waals surface area contributed by atoms with Crippen LogP contribution in [0.25, 0.3) is 11.3 Å². The average Bonchev–Trinajstić information content (AvgIpc) is 3.32. The van der Waals surface area contributed by atoms with Gasteiger partial charge in [0.2, 0.25) is 0 Å². The second-order valence-corrected chi connectivity index (χ2v) is 8.05. The Balaban J connectivity index is 1.74. The summed E-state index contributed by atoms with van der Waals surface area (Å²) in [5.74, 6) is 0.533. The highest BCUT2D eigenvalue weighted by Crippen LogP contribution is 2.41. The molecule has 3 heterocycles. The first kappa shape index (κ1) is 20.1. The van der Waals surface area contributed by atoms with E-state index < -0.39 is 5.97 Å². The van der Waals surface area contributed by atoms with E-state index in [9.17, 15) is 9.90 Å². The van der Waals surface area contributed by atoms with Gasteiger partial charge in [-0.2, -0.15) is 0 Å². The number of nitrogens with one attached hydrogen (secondary N) is 1. The SMILES string of the molecule is Cc1cc(C(=O)O)ccc1-c1ccc([C@H]2[C@H](c3ccccn3)NC(=S)N2C(C)C)o1. The monoisotopic (exact) mass is 421 g/mol. The van der Waals surface area contributed by atoms with Gasteiger partial charge in [0, 0.05) is 17.8 Å². The molecular formula is C23H23N3O3S. The Labute approximate surface area is 180 Å². The summed E-state index contributed by atoms with van der Waals surface area (Å²) >= 11 is 5.62. The fraction of sp³-hybridized carbons (Fsp3) is 0.261. The number of carboxylic acids is 1. The van der Waals surface area contributed by atoms with Crippen LogP contribution in [0, 0.1) is 6.92 Å². The summed E-state index contributed by atoms with van der Waals surface area (Å²) in [4.78, 5) is 17.9. The summed E-state index contributed by atoms with van der Waals surface area (Å²) in [6.45, 7) is 6.08. The molecule has 0 unspecified atom stereocenters. The molecule has 1 fully saturated rings. The molecule has 4 rings (SSSR count). The number of pyridine rings is 1. The van der Waals surface area contributed by atoms with Crippen molar-refractivity contribution in [3.05, 3.63) is 77.3 Å². The van der Waals surface area contributed by atoms with E-state index in [1.165, 1.54) is 0 Å². The Hall–Kier alpha value is -3.19. The third-order valence-corrected chi connectivity index (χ3v) is 5.68. The second-order valence-electron chi connectivity index (χ2n) is 7.66. The first-order chi connectivity index (χ1) is 14.4. The maximum Gasteiger partial charge on any atom is 0.335 e. The highest BCUT2D eigenvalue weighted by molar-refractivity contribution is 7.80. The van der Waals surface area contributed by atoms with Gasteiger partial charge in [-0.05, 0) is 75.0 Å². The molecule has 1 aliphatic heterocycles. The molecule has 0 amide bonds. The van der Waals surface area contributed by atoms with E-state index in [4.69, 9.17) is 16.6 Å². The zero-order chi connectivity index (χ0) is 21.4. The molecule has 1 aliphatic rings. The molecule has 3 aromatic rings. The van der Waals surface area contributed by atoms with Crippen molar-refractivity contribution in [2.75, 3.05) is 0 Å². The van der Waals surface area contributed by atoms with Crippen molar-refractivity contribution in [2.24, 2.45) is 0 Å². The molecule has 30 heavy (non-hydrogen) atoms. The van der Waals surface area contributed by atoms with Crippen LogP contribution in [0.1, 0.15) is 53.3 Å². The molecule has 154 valence electrons. The normalized spacial score (nSPS) is 18.7. The van der Waals surface area contributed by atoms with Crippen molar-refractivity contribution in [2.45, 2.75) is 38.9 Å². The van der Waals surface area contributed by atoms with Crippen molar-refractivity contribution in [3.63, 3.8) is 0 Å². The van der Waals surface area contributed by atoms with E-state index in [0.29, 0.717) is 10.9 Å². The lowest BCUT2D eigenvalue weighted by Gasteiger charge is -2.29. The van der Waals surface area contributed by atoms with Gasteiger partial charge in [0.15, 0.2) is 5.11 Å². The first-order valence-corrected chi connectivity index (χ1v) is 10.2. The van der Waals surface area contributed by atoms with Crippen LogP contribution in [0.5, 0.6) is 0 Å². The zero-order valence-corrected chi connectivity index (χ0v) is 17.8. The second kappa shape index (κ2) is 7.91. The zero-order valence-electron chi connectivity index (χ0n) is 17.0. The number of aryl methyl sites for hydroxylation is 1. The van der Waals surface area contributed by atoms with Crippen LogP contribution < -0.4 is 5.32 Å². The summed E-state index contributed by atoms with van der Waals surface area (Å²) in [6.07, 6.45) is 1.77. The minimum atomic E-state index is -0.943. The average molecular weight is 422 g/mol. The number of benzene rings is 1. The molecule has 0 aliphatic carbocycles. The Bertz CT molecular complexity index is 1090. The molecule has 2 N–H and O–H groups in total. The lowest BCUT2D eigenvalue weighted by molar-refractivity contribution is 0.0697. The van der Waals surface area contributed by atoms with Crippen LogP contribution in [-0.2, 0) is 0 Å². The van der Waals surface area contributed by atoms with Crippen molar-refractivity contribution in [1.29, 1.82) is 0 Å². The molecule has 0 spiro atoms. The van der Waals surface area contributed by atoms with Crippen molar-refractivity contribution in [1.82, 2.24) is 15.2 Å². The maximum absolute atomic E-state index is 11.2. The third kappa shape index (κ3) is 3.57. The summed E-state index contributed by atoms with van der Waals surface area (Å²) in [5.41, 5.74) is 2.87. The minimum Gasteiger partial charge on any atom is -0.478 e. The number of hydrogen-bond acceptors (Lipinski definition) is 4. The van der Waals surface area contributed by atoms with Gasteiger partial charge in [-0.15, -0.1) is 0 Å². The highest BCUT2D eigenvalue weighted by atomic mass is 32.1. The van der Waals surface area contributed by atoms with Crippen LogP contribution in [0.15, 0.2) is 59.1 Å². The quantitative estimate of drug-likeness (QED) is 0.577. The van der Waals surface area contributed by atoms with E-state index in [0.717, 1.165) is 22.6 Å². The molecule has 7 heteroatoms. The summed E-state index contributed by atoms with van der Waals surface area (Å²) in [6, 6.07) is 14.7. The molecule has 1 saturated heterocycles. The Morgan fingerprint density at radius 3 is 2.67 bits per heavy atom. The predicted molar refractivity (Wildman–Crippen MR) is 118 cm³/mol. The lowest BCUT2D eigenvalue weighted by atomic mass is 10.0. The Kier molecular flexibility index (Phi) is 5.30. The van der Waals surface area contributed by atoms with Gasteiger partial charge in [-0.1, -0.05) is 12.1 Å². The molecule has 6 nitrogen and oxygen atoms in total. The highest BCUT2D eigenvalue weighted by Gasteiger charge is 2.42. The fourth-order valence-corrected chi connectivity index (χ4v) is 4.41. The van der Waals surface area contributed by atoms with Crippen molar-refractivity contribution in [3.8, 4) is 11.3 Å². The number of nitrogens with zero attached hydrogens (tertiary/aromatic N) is 2. The molecule has 0 radical (unpaired) electrons. The van der Waals surface area contributed by atoms with Gasteiger partial charge in [0.25, 0.3) is 0 Å². The molecule has 2 aromatic heterocycles. The van der Waals surface area contributed by atoms with Gasteiger partial charge in [0.1, 0.15) is 17.6 Å². The van der Waals surface area contributed by atoms with Crippen LogP contribution in [0.4, 0.5) is 0 Å². The number of aromatic carboxylic acids is 1. The Morgan fingerprint density at radius 2 is 2.03 bits per heavy atom. The lowest BCUT2D eigenvalue weighted by Crippen LogP contribution is -2.35. The number of furan rings is 1. The molecule has 2 atom stereocenters. The number of carboxylic acid groups (broad SMARTS) is 1. The van der Waals surface area contributed by atoms with E-state index >= 15 is 0 Å². The van der Waals surface area contributed by atoms with Gasteiger partial charge in [0.05, 0.1) is 17.3 Å². The topological polar surface area (TPSA) is 78.6 Å². The van der Waals surface area contributed by atoms with Crippen LogP contribution in [0.3, 0.4) is 0 Å². The van der Waals surface area contributed by atoms with Gasteiger partial charge < -0.3 is 19.7 Å². The van der Waals surface area contributed by atoms with Gasteiger partial charge in [-0.25, -0.2) is 4.79 Å². The predicted octanol–water partition coefficient (Wildman–Crippen LogP) is 4.73. The summed E-state index contributed by atoms with van der Waals surface area (Å²) in [5, 5.41) is 13.3. The summed E-state index contributed by atoms with van der Waals surface area (Å²) < 4.78 is 6.30. The van der Waals surface area contributed by atoms with Gasteiger partial charge in [-0.3, -0.25) is 4.98 Å². The van der Waals surface area contributed by atoms with Crippen molar-refractivity contribution < 1.29 is 14.3 Å². The summed E-state index contributed by atoms with van der Waals surface area (Å²) in [7, 11) is 0. The first-order valence-electron chi connectivity index (χ1n) is 9.80. The molecule has 0 saturated carbocycles. The number of hydrogen-bond donors (Lipinski definition) is 2. The van der Waals surface area contributed by atoms with E-state index in [1.807, 2.05) is 37.3 Å². The number of thiocarbonyl (C=S) groups is 1. The number of rotatable bonds is 5. The van der Waals surface area contributed by atoms with Crippen LogP contribution in [-0.4, -0.2) is 32.1 Å². The van der Waals surface area contributed by atoms with Crippen LogP contribution >= 0.6 is 12.2 Å². The maximum atomic E-state index is 11.2. The fourth-order valence-electron chi connectivity index (χ4n) is 3.96. The Morgan fingerprint density at radius 1 is 1.23 bits per heavy atom. The van der Waals surface area contributed by atoms with Gasteiger partial charge >= 0.3 is 5.97 Å². The van der Waals surface area contributed by atoms with E-state index in [1.54, 1.807) is 24.4 Å². The molecular weight excluding hydrogens is 398 g/mol. The minimum absolute atomic E-state index is 0.129. The smallest absolute Gasteiger partial charge is 0.335 e. The number of aromatic nitrogens is 1.